The van der Waals surface area contributed by atoms with Crippen LogP contribution in [0.3, 0.4) is 0 Å². The second-order valence-electron chi connectivity index (χ2n) is 8.67. The van der Waals surface area contributed by atoms with E-state index in [1.165, 1.54) is 33.0 Å². The molecule has 2 heterocycles. The average molecular weight is 424 g/mol. The molecule has 0 amide bonds. The summed E-state index contributed by atoms with van der Waals surface area (Å²) < 4.78 is 8.88. The molecule has 0 radical (unpaired) electrons. The van der Waals surface area contributed by atoms with Crippen LogP contribution in [-0.4, -0.2) is 4.57 Å². The summed E-state index contributed by atoms with van der Waals surface area (Å²) in [5, 5.41) is 4.73. The van der Waals surface area contributed by atoms with E-state index in [-0.39, 0.29) is 0 Å². The van der Waals surface area contributed by atoms with Crippen molar-refractivity contribution in [2.45, 2.75) is 6.92 Å². The second-order valence-corrected chi connectivity index (χ2v) is 8.67. The Morgan fingerprint density at radius 1 is 0.576 bits per heavy atom. The fourth-order valence-corrected chi connectivity index (χ4v) is 5.13. The highest BCUT2D eigenvalue weighted by Gasteiger charge is 2.20. The summed E-state index contributed by atoms with van der Waals surface area (Å²) in [4.78, 5) is 0. The summed E-state index contributed by atoms with van der Waals surface area (Å²) in [6.45, 7) is 2.13. The quantitative estimate of drug-likeness (QED) is 0.272. The van der Waals surface area contributed by atoms with Crippen LogP contribution in [0.2, 0.25) is 0 Å². The molecule has 5 aromatic carbocycles. The van der Waals surface area contributed by atoms with E-state index in [2.05, 4.69) is 115 Å². The van der Waals surface area contributed by atoms with Gasteiger partial charge in [0.1, 0.15) is 5.58 Å². The van der Waals surface area contributed by atoms with Crippen LogP contribution in [0.5, 0.6) is 0 Å². The lowest BCUT2D eigenvalue weighted by molar-refractivity contribution is 0.671. The number of hydrogen-bond acceptors (Lipinski definition) is 1. The van der Waals surface area contributed by atoms with E-state index >= 15 is 0 Å². The van der Waals surface area contributed by atoms with Crippen LogP contribution in [0.25, 0.3) is 60.6 Å². The van der Waals surface area contributed by atoms with Gasteiger partial charge in [-0.2, -0.15) is 0 Å². The molecule has 33 heavy (non-hydrogen) atoms. The van der Waals surface area contributed by atoms with Gasteiger partial charge >= 0.3 is 0 Å². The molecule has 156 valence electrons. The summed E-state index contributed by atoms with van der Waals surface area (Å²) in [5.74, 6) is 0. The standard InChI is InChI=1S/C31H21NO/c1-20-14-16-21(17-15-20)22-8-2-5-11-27(22)32-28-12-6-3-9-23(28)25-18-19-26-24-10-4-7-13-29(24)33-31(26)30(25)32/h2-19H,1H3. The van der Waals surface area contributed by atoms with Crippen LogP contribution in [0.4, 0.5) is 0 Å². The van der Waals surface area contributed by atoms with Crippen molar-refractivity contribution in [2.24, 2.45) is 0 Å². The zero-order valence-corrected chi connectivity index (χ0v) is 18.2. The molecule has 2 nitrogen and oxygen atoms in total. The third-order valence-electron chi connectivity index (χ3n) is 6.69. The van der Waals surface area contributed by atoms with Crippen LogP contribution in [0.1, 0.15) is 5.56 Å². The highest BCUT2D eigenvalue weighted by molar-refractivity contribution is 6.21. The summed E-state index contributed by atoms with van der Waals surface area (Å²) in [6, 6.07) is 38.8. The van der Waals surface area contributed by atoms with Gasteiger partial charge < -0.3 is 8.98 Å². The molecule has 0 N–H and O–H groups in total. The fraction of sp³-hybridized carbons (Fsp3) is 0.0323. The van der Waals surface area contributed by atoms with Crippen molar-refractivity contribution >= 4 is 43.7 Å². The van der Waals surface area contributed by atoms with E-state index in [1.54, 1.807) is 0 Å². The van der Waals surface area contributed by atoms with E-state index in [0.717, 1.165) is 33.1 Å². The van der Waals surface area contributed by atoms with Crippen molar-refractivity contribution in [3.63, 3.8) is 0 Å². The number of aryl methyl sites for hydroxylation is 1. The van der Waals surface area contributed by atoms with Gasteiger partial charge in [0.05, 0.1) is 16.7 Å². The van der Waals surface area contributed by atoms with Gasteiger partial charge in [0.25, 0.3) is 0 Å². The molecule has 0 atom stereocenters. The largest absolute Gasteiger partial charge is 0.454 e. The van der Waals surface area contributed by atoms with Gasteiger partial charge in [-0.25, -0.2) is 0 Å². The Bertz CT molecular complexity index is 1820. The van der Waals surface area contributed by atoms with Crippen LogP contribution >= 0.6 is 0 Å². The number of aromatic nitrogens is 1. The van der Waals surface area contributed by atoms with Crippen molar-refractivity contribution in [3.05, 3.63) is 115 Å². The Balaban J connectivity index is 1.67. The minimum Gasteiger partial charge on any atom is -0.454 e. The summed E-state index contributed by atoms with van der Waals surface area (Å²) in [7, 11) is 0. The fourth-order valence-electron chi connectivity index (χ4n) is 5.13. The number of furan rings is 1. The maximum Gasteiger partial charge on any atom is 0.160 e. The van der Waals surface area contributed by atoms with Gasteiger partial charge in [0.2, 0.25) is 0 Å². The molecule has 0 aliphatic rings. The third kappa shape index (κ3) is 2.61. The summed E-state index contributed by atoms with van der Waals surface area (Å²) >= 11 is 0. The van der Waals surface area contributed by atoms with E-state index in [0.29, 0.717) is 0 Å². The second kappa shape index (κ2) is 6.85. The van der Waals surface area contributed by atoms with E-state index in [9.17, 15) is 0 Å². The molecule has 0 spiro atoms. The van der Waals surface area contributed by atoms with Gasteiger partial charge in [0.15, 0.2) is 5.58 Å². The first-order valence-corrected chi connectivity index (χ1v) is 11.3. The van der Waals surface area contributed by atoms with Crippen molar-refractivity contribution in [3.8, 4) is 16.8 Å². The first-order chi connectivity index (χ1) is 16.3. The molecule has 7 aromatic rings. The molecular formula is C31H21NO. The van der Waals surface area contributed by atoms with Crippen molar-refractivity contribution in [1.82, 2.24) is 4.57 Å². The van der Waals surface area contributed by atoms with E-state index in [1.807, 2.05) is 6.07 Å². The number of nitrogens with zero attached hydrogens (tertiary/aromatic N) is 1. The molecule has 2 heteroatoms. The van der Waals surface area contributed by atoms with Crippen molar-refractivity contribution in [1.29, 1.82) is 0 Å². The first kappa shape index (κ1) is 18.3. The van der Waals surface area contributed by atoms with Gasteiger partial charge in [0, 0.05) is 27.1 Å². The molecule has 0 fully saturated rings. The Labute approximate surface area is 191 Å². The third-order valence-corrected chi connectivity index (χ3v) is 6.69. The number of benzene rings is 5. The monoisotopic (exact) mass is 423 g/mol. The molecule has 0 bridgehead atoms. The van der Waals surface area contributed by atoms with Gasteiger partial charge in [-0.15, -0.1) is 0 Å². The maximum atomic E-state index is 6.50. The average Bonchev–Trinajstić information content (AvgIpc) is 3.40. The molecule has 2 aromatic heterocycles. The number of para-hydroxylation sites is 3. The highest BCUT2D eigenvalue weighted by Crippen LogP contribution is 2.41. The van der Waals surface area contributed by atoms with Crippen LogP contribution in [-0.2, 0) is 0 Å². The molecule has 0 saturated carbocycles. The SMILES string of the molecule is Cc1ccc(-c2ccccc2-n2c3ccccc3c3ccc4c5ccccc5oc4c32)cc1. The first-order valence-electron chi connectivity index (χ1n) is 11.3. The molecule has 7 rings (SSSR count). The van der Waals surface area contributed by atoms with Crippen LogP contribution in [0, 0.1) is 6.92 Å². The number of rotatable bonds is 2. The Morgan fingerprint density at radius 3 is 2.15 bits per heavy atom. The lowest BCUT2D eigenvalue weighted by Crippen LogP contribution is -1.97. The zero-order valence-electron chi connectivity index (χ0n) is 18.2. The van der Waals surface area contributed by atoms with Gasteiger partial charge in [-0.1, -0.05) is 90.5 Å². The Kier molecular flexibility index (Phi) is 3.80. The topological polar surface area (TPSA) is 18.1 Å². The van der Waals surface area contributed by atoms with Crippen molar-refractivity contribution < 1.29 is 4.42 Å². The lowest BCUT2D eigenvalue weighted by atomic mass is 10.0. The predicted molar refractivity (Wildman–Crippen MR) is 138 cm³/mol. The normalized spacial score (nSPS) is 11.8. The minimum atomic E-state index is 0.920. The molecule has 0 saturated heterocycles. The molecule has 0 unspecified atom stereocenters. The maximum absolute atomic E-state index is 6.50. The zero-order chi connectivity index (χ0) is 21.9. The van der Waals surface area contributed by atoms with Gasteiger partial charge in [-0.05, 0) is 36.8 Å². The Morgan fingerprint density at radius 2 is 1.27 bits per heavy atom. The number of hydrogen-bond donors (Lipinski definition) is 0. The predicted octanol–water partition coefficient (Wildman–Crippen LogP) is 8.66. The van der Waals surface area contributed by atoms with Crippen molar-refractivity contribution in [2.75, 3.05) is 0 Å². The minimum absolute atomic E-state index is 0.920. The van der Waals surface area contributed by atoms with E-state index < -0.39 is 0 Å². The highest BCUT2D eigenvalue weighted by atomic mass is 16.3. The van der Waals surface area contributed by atoms with Gasteiger partial charge in [-0.3, -0.25) is 0 Å². The number of fused-ring (bicyclic) bond motifs is 7. The van der Waals surface area contributed by atoms with E-state index in [4.69, 9.17) is 4.42 Å². The molecule has 0 aliphatic heterocycles. The molecule has 0 aliphatic carbocycles. The van der Waals surface area contributed by atoms with Crippen LogP contribution in [0.15, 0.2) is 114 Å². The summed E-state index contributed by atoms with van der Waals surface area (Å²) in [6.07, 6.45) is 0. The molecular weight excluding hydrogens is 402 g/mol. The lowest BCUT2D eigenvalue weighted by Gasteiger charge is -2.14. The summed E-state index contributed by atoms with van der Waals surface area (Å²) in [5.41, 5.74) is 8.97. The Hall–Kier alpha value is -4.30. The van der Waals surface area contributed by atoms with Crippen LogP contribution < -0.4 is 0 Å². The smallest absolute Gasteiger partial charge is 0.160 e.